The number of carbonyl (C=O) groups excluding carboxylic acids is 1. The van der Waals surface area contributed by atoms with E-state index in [0.29, 0.717) is 0 Å². The number of primary amides is 1. The Balaban J connectivity index is 1.72. The van der Waals surface area contributed by atoms with E-state index >= 15 is 0 Å². The monoisotopic (exact) mass is 310 g/mol. The number of benzene rings is 2. The molecule has 23 heavy (non-hydrogen) atoms. The Morgan fingerprint density at radius 3 is 2.43 bits per heavy atom. The number of ether oxygens (including phenoxy) is 1. The van der Waals surface area contributed by atoms with Crippen LogP contribution in [0.5, 0.6) is 0 Å². The Kier molecular flexibility index (Phi) is 5.05. The maximum Gasteiger partial charge on any atom is 0.221 e. The summed E-state index contributed by atoms with van der Waals surface area (Å²) >= 11 is 0. The summed E-state index contributed by atoms with van der Waals surface area (Å²) in [7, 11) is 0. The van der Waals surface area contributed by atoms with E-state index in [0.717, 1.165) is 44.0 Å². The van der Waals surface area contributed by atoms with E-state index in [1.807, 2.05) is 24.3 Å². The second-order valence-electron chi connectivity index (χ2n) is 5.93. The summed E-state index contributed by atoms with van der Waals surface area (Å²) in [6, 6.07) is 16.6. The third-order valence-electron chi connectivity index (χ3n) is 4.10. The van der Waals surface area contributed by atoms with E-state index in [2.05, 4.69) is 29.2 Å². The third kappa shape index (κ3) is 4.41. The van der Waals surface area contributed by atoms with Crippen LogP contribution in [0, 0.1) is 0 Å². The minimum atomic E-state index is -0.301. The summed E-state index contributed by atoms with van der Waals surface area (Å²) in [6.07, 6.45) is 0.289. The smallest absolute Gasteiger partial charge is 0.221 e. The average molecular weight is 310 g/mol. The minimum Gasteiger partial charge on any atom is -0.379 e. The second kappa shape index (κ2) is 7.40. The van der Waals surface area contributed by atoms with Gasteiger partial charge in [0.2, 0.25) is 5.91 Å². The predicted molar refractivity (Wildman–Crippen MR) is 90.9 cm³/mol. The van der Waals surface area contributed by atoms with Gasteiger partial charge >= 0.3 is 0 Å². The van der Waals surface area contributed by atoms with Crippen LogP contribution in [0.2, 0.25) is 0 Å². The molecule has 0 saturated carbocycles. The fraction of sp³-hybridized carbons (Fsp3) is 0.316. The van der Waals surface area contributed by atoms with Crippen molar-refractivity contribution in [2.24, 2.45) is 5.73 Å². The van der Waals surface area contributed by atoms with Crippen molar-refractivity contribution >= 4 is 5.91 Å². The van der Waals surface area contributed by atoms with Crippen LogP contribution in [-0.4, -0.2) is 37.1 Å². The van der Waals surface area contributed by atoms with Crippen LogP contribution in [0.3, 0.4) is 0 Å². The van der Waals surface area contributed by atoms with Crippen LogP contribution in [0.4, 0.5) is 0 Å². The normalized spacial score (nSPS) is 15.5. The zero-order valence-electron chi connectivity index (χ0n) is 13.2. The molecule has 1 aliphatic rings. The molecule has 1 aliphatic heterocycles. The van der Waals surface area contributed by atoms with Gasteiger partial charge in [-0.25, -0.2) is 0 Å². The van der Waals surface area contributed by atoms with E-state index in [1.165, 1.54) is 11.1 Å². The van der Waals surface area contributed by atoms with Gasteiger partial charge < -0.3 is 10.5 Å². The van der Waals surface area contributed by atoms with Gasteiger partial charge in [0.1, 0.15) is 0 Å². The summed E-state index contributed by atoms with van der Waals surface area (Å²) in [5.74, 6) is -0.301. The van der Waals surface area contributed by atoms with Crippen molar-refractivity contribution < 1.29 is 9.53 Å². The summed E-state index contributed by atoms with van der Waals surface area (Å²) < 4.78 is 5.39. The molecule has 4 nitrogen and oxygen atoms in total. The molecule has 4 heteroatoms. The Morgan fingerprint density at radius 1 is 1.00 bits per heavy atom. The van der Waals surface area contributed by atoms with Crippen molar-refractivity contribution in [2.75, 3.05) is 26.3 Å². The lowest BCUT2D eigenvalue weighted by molar-refractivity contribution is -0.117. The van der Waals surface area contributed by atoms with Gasteiger partial charge in [-0.2, -0.15) is 0 Å². The maximum absolute atomic E-state index is 11.0. The van der Waals surface area contributed by atoms with Gasteiger partial charge in [-0.05, 0) is 28.3 Å². The number of hydrogen-bond acceptors (Lipinski definition) is 3. The first kappa shape index (κ1) is 15.7. The number of nitrogens with zero attached hydrogens (tertiary/aromatic N) is 1. The standard InChI is InChI=1S/C19H22N2O2/c20-19(22)13-15-4-6-17(7-5-15)18-3-1-2-16(12-18)14-21-8-10-23-11-9-21/h1-7,12H,8-11,13-14H2,(H2,20,22). The highest BCUT2D eigenvalue weighted by Gasteiger charge is 2.11. The molecule has 1 heterocycles. The Morgan fingerprint density at radius 2 is 1.74 bits per heavy atom. The summed E-state index contributed by atoms with van der Waals surface area (Å²) in [5.41, 5.74) is 9.84. The first-order chi connectivity index (χ1) is 11.2. The lowest BCUT2D eigenvalue weighted by atomic mass is 10.0. The van der Waals surface area contributed by atoms with Gasteiger partial charge in [0, 0.05) is 19.6 Å². The van der Waals surface area contributed by atoms with E-state index < -0.39 is 0 Å². The van der Waals surface area contributed by atoms with Gasteiger partial charge in [0.15, 0.2) is 0 Å². The van der Waals surface area contributed by atoms with Gasteiger partial charge in [0.05, 0.1) is 19.6 Å². The van der Waals surface area contributed by atoms with Gasteiger partial charge in [0.25, 0.3) is 0 Å². The quantitative estimate of drug-likeness (QED) is 0.921. The molecule has 0 unspecified atom stereocenters. The SMILES string of the molecule is NC(=O)Cc1ccc(-c2cccc(CN3CCOCC3)c2)cc1. The molecule has 0 aliphatic carbocycles. The largest absolute Gasteiger partial charge is 0.379 e. The van der Waals surface area contributed by atoms with E-state index in [-0.39, 0.29) is 12.3 Å². The Labute approximate surface area is 136 Å². The highest BCUT2D eigenvalue weighted by Crippen LogP contribution is 2.22. The summed E-state index contributed by atoms with van der Waals surface area (Å²) in [6.45, 7) is 4.58. The number of rotatable bonds is 5. The molecule has 1 fully saturated rings. The molecule has 2 aromatic rings. The first-order valence-electron chi connectivity index (χ1n) is 7.97. The Bertz CT molecular complexity index is 661. The molecule has 2 aromatic carbocycles. The lowest BCUT2D eigenvalue weighted by Crippen LogP contribution is -2.35. The third-order valence-corrected chi connectivity index (χ3v) is 4.10. The zero-order chi connectivity index (χ0) is 16.1. The van der Waals surface area contributed by atoms with Crippen LogP contribution in [0.1, 0.15) is 11.1 Å². The molecule has 1 saturated heterocycles. The van der Waals surface area contributed by atoms with Gasteiger partial charge in [-0.3, -0.25) is 9.69 Å². The van der Waals surface area contributed by atoms with Crippen molar-refractivity contribution in [3.8, 4) is 11.1 Å². The molecular weight excluding hydrogens is 288 g/mol. The first-order valence-corrected chi connectivity index (χ1v) is 7.97. The molecule has 0 aromatic heterocycles. The maximum atomic E-state index is 11.0. The highest BCUT2D eigenvalue weighted by molar-refractivity contribution is 5.77. The number of morpholine rings is 1. The summed E-state index contributed by atoms with van der Waals surface area (Å²) in [5, 5.41) is 0. The number of hydrogen-bond donors (Lipinski definition) is 1. The number of nitrogens with two attached hydrogens (primary N) is 1. The lowest BCUT2D eigenvalue weighted by Gasteiger charge is -2.26. The molecular formula is C19H22N2O2. The van der Waals surface area contributed by atoms with E-state index in [4.69, 9.17) is 10.5 Å². The molecule has 0 spiro atoms. The van der Waals surface area contributed by atoms with E-state index in [9.17, 15) is 4.79 Å². The zero-order valence-corrected chi connectivity index (χ0v) is 13.2. The molecule has 3 rings (SSSR count). The van der Waals surface area contributed by atoms with Crippen LogP contribution in [-0.2, 0) is 22.5 Å². The Hall–Kier alpha value is -2.17. The molecule has 1 amide bonds. The van der Waals surface area contributed by atoms with Crippen LogP contribution in [0.25, 0.3) is 11.1 Å². The average Bonchev–Trinajstić information content (AvgIpc) is 2.56. The van der Waals surface area contributed by atoms with E-state index in [1.54, 1.807) is 0 Å². The fourth-order valence-electron chi connectivity index (χ4n) is 2.88. The predicted octanol–water partition coefficient (Wildman–Crippen LogP) is 2.21. The molecule has 120 valence electrons. The van der Waals surface area contributed by atoms with Gasteiger partial charge in [-0.1, -0.05) is 42.5 Å². The minimum absolute atomic E-state index is 0.289. The molecule has 0 bridgehead atoms. The van der Waals surface area contributed by atoms with Crippen molar-refractivity contribution in [1.29, 1.82) is 0 Å². The highest BCUT2D eigenvalue weighted by atomic mass is 16.5. The molecule has 0 radical (unpaired) electrons. The topological polar surface area (TPSA) is 55.6 Å². The second-order valence-corrected chi connectivity index (χ2v) is 5.93. The number of carbonyl (C=O) groups is 1. The van der Waals surface area contributed by atoms with Crippen LogP contribution >= 0.6 is 0 Å². The van der Waals surface area contributed by atoms with Crippen LogP contribution in [0.15, 0.2) is 48.5 Å². The molecule has 0 atom stereocenters. The van der Waals surface area contributed by atoms with Crippen molar-refractivity contribution in [2.45, 2.75) is 13.0 Å². The van der Waals surface area contributed by atoms with Crippen molar-refractivity contribution in [3.63, 3.8) is 0 Å². The number of amides is 1. The van der Waals surface area contributed by atoms with Crippen LogP contribution < -0.4 is 5.73 Å². The molecule has 2 N–H and O–H groups in total. The van der Waals surface area contributed by atoms with Crippen molar-refractivity contribution in [1.82, 2.24) is 4.90 Å². The van der Waals surface area contributed by atoms with Gasteiger partial charge in [-0.15, -0.1) is 0 Å². The summed E-state index contributed by atoms with van der Waals surface area (Å²) in [4.78, 5) is 13.4. The van der Waals surface area contributed by atoms with Crippen molar-refractivity contribution in [3.05, 3.63) is 59.7 Å². The fourth-order valence-corrected chi connectivity index (χ4v) is 2.88.